The highest BCUT2D eigenvalue weighted by atomic mass is 32.1. The summed E-state index contributed by atoms with van der Waals surface area (Å²) in [5, 5.41) is 19.8. The van der Waals surface area contributed by atoms with E-state index in [-0.39, 0.29) is 27.1 Å². The molecule has 9 nitrogen and oxygen atoms in total. The summed E-state index contributed by atoms with van der Waals surface area (Å²) < 4.78 is 10.6. The van der Waals surface area contributed by atoms with Crippen molar-refractivity contribution >= 4 is 30.3 Å². The third kappa shape index (κ3) is 2.86. The zero-order valence-electron chi connectivity index (χ0n) is 13.6. The van der Waals surface area contributed by atoms with Gasteiger partial charge >= 0.3 is 5.97 Å². The summed E-state index contributed by atoms with van der Waals surface area (Å²) in [5.41, 5.74) is -0.492. The number of aromatic amines is 2. The Morgan fingerprint density at radius 3 is 2.54 bits per heavy atom. The van der Waals surface area contributed by atoms with Crippen LogP contribution < -0.4 is 25.6 Å². The van der Waals surface area contributed by atoms with Gasteiger partial charge in [0.05, 0.1) is 19.6 Å². The van der Waals surface area contributed by atoms with Crippen molar-refractivity contribution in [1.29, 1.82) is 0 Å². The number of rotatable bonds is 4. The number of fused-ring (bicyclic) bond motifs is 1. The molecule has 0 saturated heterocycles. The highest BCUT2D eigenvalue weighted by Gasteiger charge is 2.20. The largest absolute Gasteiger partial charge is 0.496 e. The fraction of sp³-hybridized carbons (Fsp3) is 0.125. The minimum Gasteiger partial charge on any atom is -0.496 e. The molecule has 4 N–H and O–H groups in total. The van der Waals surface area contributed by atoms with Crippen LogP contribution in [0.4, 0.5) is 0 Å². The van der Waals surface area contributed by atoms with Gasteiger partial charge in [-0.1, -0.05) is 0 Å². The molecule has 26 heavy (non-hydrogen) atoms. The van der Waals surface area contributed by atoms with E-state index in [2.05, 4.69) is 15.0 Å². The van der Waals surface area contributed by atoms with Gasteiger partial charge in [0.1, 0.15) is 22.8 Å². The van der Waals surface area contributed by atoms with Crippen LogP contribution in [-0.2, 0) is 4.79 Å². The summed E-state index contributed by atoms with van der Waals surface area (Å²) in [7, 11) is 2.83. The minimum atomic E-state index is -1.21. The lowest BCUT2D eigenvalue weighted by Gasteiger charge is -2.08. The summed E-state index contributed by atoms with van der Waals surface area (Å²) in [5.74, 6) is -1.00. The molecule has 0 fully saturated rings. The zero-order chi connectivity index (χ0) is 19.0. The number of methoxy groups -OCH3 is 2. The number of hydrogen-bond donors (Lipinski definition) is 4. The van der Waals surface area contributed by atoms with Crippen LogP contribution in [0.5, 0.6) is 17.4 Å². The van der Waals surface area contributed by atoms with E-state index in [9.17, 15) is 19.8 Å². The Hall–Kier alpha value is -3.40. The Labute approximate surface area is 150 Å². The topological polar surface area (TPSA) is 137 Å². The van der Waals surface area contributed by atoms with Gasteiger partial charge in [-0.2, -0.15) is 0 Å². The van der Waals surface area contributed by atoms with E-state index in [1.807, 2.05) is 0 Å². The van der Waals surface area contributed by atoms with E-state index >= 15 is 0 Å². The summed E-state index contributed by atoms with van der Waals surface area (Å²) in [6, 6.07) is 1.54. The number of H-pyrrole nitrogens is 2. The van der Waals surface area contributed by atoms with Gasteiger partial charge < -0.3 is 24.7 Å². The van der Waals surface area contributed by atoms with Gasteiger partial charge in [0, 0.05) is 16.8 Å². The summed E-state index contributed by atoms with van der Waals surface area (Å²) >= 11 is 4.80. The molecule has 0 radical (unpaired) electrons. The van der Waals surface area contributed by atoms with Crippen molar-refractivity contribution in [1.82, 2.24) is 9.97 Å². The fourth-order valence-electron chi connectivity index (χ4n) is 2.55. The molecular weight excluding hydrogens is 362 g/mol. The summed E-state index contributed by atoms with van der Waals surface area (Å²) in [4.78, 5) is 32.3. The Bertz CT molecular complexity index is 1190. The van der Waals surface area contributed by atoms with Crippen LogP contribution in [0.3, 0.4) is 0 Å². The lowest BCUT2D eigenvalue weighted by molar-refractivity contribution is -0.132. The number of nitrogens with one attached hydrogen (secondary N) is 2. The Kier molecular flexibility index (Phi) is 4.34. The molecule has 0 amide bonds. The second-order valence-electron chi connectivity index (χ2n) is 5.22. The first-order chi connectivity index (χ1) is 12.3. The molecule has 0 bridgehead atoms. The number of nitrogens with zero attached hydrogens (tertiary/aromatic N) is 1. The molecule has 0 unspecified atom stereocenters. The fourth-order valence-corrected chi connectivity index (χ4v) is 2.74. The monoisotopic (exact) mass is 375 g/mol. The zero-order valence-corrected chi connectivity index (χ0v) is 14.4. The van der Waals surface area contributed by atoms with Gasteiger partial charge in [-0.3, -0.25) is 9.78 Å². The number of aliphatic carboxylic acids is 1. The van der Waals surface area contributed by atoms with Crippen molar-refractivity contribution < 1.29 is 24.5 Å². The third-order valence-electron chi connectivity index (χ3n) is 3.72. The molecule has 2 aromatic rings. The van der Waals surface area contributed by atoms with Crippen molar-refractivity contribution in [2.24, 2.45) is 4.99 Å². The number of carboxylic acids is 1. The van der Waals surface area contributed by atoms with Gasteiger partial charge in [-0.05, 0) is 24.4 Å². The smallest absolute Gasteiger partial charge is 0.354 e. The third-order valence-corrected chi connectivity index (χ3v) is 3.93. The van der Waals surface area contributed by atoms with Crippen LogP contribution in [0.25, 0.3) is 12.2 Å². The standard InChI is InChI=1S/C16H13N3O6S/c1-24-10-5-11(25-2)7-4-9(15(22)23)17-12(7)6(10)3-8-13(20)18-16(26)19-14(8)21/h3-5H,1-2H3,(H,22,23)(H3,18,19,20,21,26)/b6-3+. The molecule has 1 aromatic carbocycles. The number of benzene rings is 1. The normalized spacial score (nSPS) is 13.0. The maximum atomic E-state index is 12.1. The molecule has 1 aliphatic heterocycles. The molecule has 2 heterocycles. The second kappa shape index (κ2) is 6.48. The second-order valence-corrected chi connectivity index (χ2v) is 5.63. The summed E-state index contributed by atoms with van der Waals surface area (Å²) in [6.07, 6.45) is 2.69. The predicted octanol–water partition coefficient (Wildman–Crippen LogP) is 0.0428. The van der Waals surface area contributed by atoms with Crippen LogP contribution >= 0.6 is 12.2 Å². The Morgan fingerprint density at radius 1 is 1.27 bits per heavy atom. The maximum Gasteiger partial charge on any atom is 0.354 e. The van der Waals surface area contributed by atoms with Crippen molar-refractivity contribution in [2.75, 3.05) is 14.2 Å². The maximum absolute atomic E-state index is 12.1. The van der Waals surface area contributed by atoms with Gasteiger partial charge in [0.2, 0.25) is 5.88 Å². The minimum absolute atomic E-state index is 0.0314. The van der Waals surface area contributed by atoms with Crippen molar-refractivity contribution in [3.63, 3.8) is 0 Å². The molecule has 0 saturated carbocycles. The number of aromatic nitrogens is 2. The lowest BCUT2D eigenvalue weighted by atomic mass is 10.1. The van der Waals surface area contributed by atoms with Gasteiger partial charge in [-0.25, -0.2) is 9.79 Å². The lowest BCUT2D eigenvalue weighted by Crippen LogP contribution is -2.30. The van der Waals surface area contributed by atoms with Gasteiger partial charge in [-0.15, -0.1) is 0 Å². The highest BCUT2D eigenvalue weighted by Crippen LogP contribution is 2.24. The van der Waals surface area contributed by atoms with E-state index in [0.717, 1.165) is 0 Å². The first-order valence-corrected chi connectivity index (χ1v) is 7.62. The van der Waals surface area contributed by atoms with E-state index < -0.39 is 17.4 Å². The molecule has 3 rings (SSSR count). The number of ether oxygens (including phenoxy) is 2. The average Bonchev–Trinajstić information content (AvgIpc) is 3.03. The van der Waals surface area contributed by atoms with Gasteiger partial charge in [0.25, 0.3) is 5.56 Å². The first kappa shape index (κ1) is 17.4. The van der Waals surface area contributed by atoms with Crippen LogP contribution in [-0.4, -0.2) is 40.4 Å². The van der Waals surface area contributed by atoms with Gasteiger partial charge in [0.15, 0.2) is 4.77 Å². The molecule has 0 spiro atoms. The average molecular weight is 375 g/mol. The van der Waals surface area contributed by atoms with Crippen molar-refractivity contribution in [3.8, 4) is 17.4 Å². The van der Waals surface area contributed by atoms with Crippen molar-refractivity contribution in [3.05, 3.63) is 48.6 Å². The molecule has 1 aliphatic rings. The molecule has 1 aromatic heterocycles. The Morgan fingerprint density at radius 2 is 1.96 bits per heavy atom. The number of aromatic hydroxyl groups is 1. The van der Waals surface area contributed by atoms with E-state index in [4.69, 9.17) is 21.7 Å². The van der Waals surface area contributed by atoms with Crippen LogP contribution in [0, 0.1) is 4.77 Å². The number of carboxylic acid groups (broad SMARTS) is 1. The Balaban J connectivity index is 2.44. The van der Waals surface area contributed by atoms with Crippen LogP contribution in [0.15, 0.2) is 21.6 Å². The van der Waals surface area contributed by atoms with E-state index in [1.54, 1.807) is 0 Å². The highest BCUT2D eigenvalue weighted by molar-refractivity contribution is 7.71. The summed E-state index contributed by atoms with van der Waals surface area (Å²) in [6.45, 7) is 0. The number of carbonyl (C=O) groups is 1. The van der Waals surface area contributed by atoms with E-state index in [0.29, 0.717) is 16.5 Å². The first-order valence-electron chi connectivity index (χ1n) is 7.21. The van der Waals surface area contributed by atoms with Crippen LogP contribution in [0.2, 0.25) is 0 Å². The van der Waals surface area contributed by atoms with Crippen LogP contribution in [0.1, 0.15) is 11.1 Å². The SMILES string of the molecule is COc1cc(OC)/c(=C\c2c(O)[nH]c(=S)[nH]c2=O)c2c1C=C(C(=O)O)N=2. The quantitative estimate of drug-likeness (QED) is 0.554. The van der Waals surface area contributed by atoms with E-state index in [1.165, 1.54) is 32.4 Å². The molecule has 0 aliphatic carbocycles. The molecule has 10 heteroatoms. The predicted molar refractivity (Wildman–Crippen MR) is 93.4 cm³/mol. The number of hydrogen-bond acceptors (Lipinski definition) is 7. The van der Waals surface area contributed by atoms with Crippen molar-refractivity contribution in [2.45, 2.75) is 0 Å². The molecule has 134 valence electrons. The molecule has 0 atom stereocenters. The molecular formula is C16H13N3O6S.